The topological polar surface area (TPSA) is 87.5 Å². The minimum absolute atomic E-state index is 0.0304. The maximum Gasteiger partial charge on any atom is 0.257 e. The molecule has 0 aliphatic carbocycles. The van der Waals surface area contributed by atoms with Gasteiger partial charge in [-0.2, -0.15) is 0 Å². The van der Waals surface area contributed by atoms with Crippen molar-refractivity contribution in [1.82, 2.24) is 19.8 Å². The lowest BCUT2D eigenvalue weighted by Crippen LogP contribution is -2.62. The summed E-state index contributed by atoms with van der Waals surface area (Å²) >= 11 is 0. The van der Waals surface area contributed by atoms with Gasteiger partial charge < -0.3 is 14.8 Å². The molecule has 0 spiro atoms. The normalized spacial score (nSPS) is 20.2. The lowest BCUT2D eigenvalue weighted by molar-refractivity contribution is -0.122. The number of nitrogens with one attached hydrogen (secondary N) is 1. The number of fused-ring (bicyclic) bond motifs is 4. The largest absolute Gasteiger partial charge is 0.346 e. The summed E-state index contributed by atoms with van der Waals surface area (Å²) in [6, 6.07) is 15.0. The summed E-state index contributed by atoms with van der Waals surface area (Å²) in [7, 11) is 0. The van der Waals surface area contributed by atoms with Gasteiger partial charge in [-0.25, -0.2) is 4.98 Å². The maximum absolute atomic E-state index is 13.3. The Balaban J connectivity index is 1.26. The van der Waals surface area contributed by atoms with Crippen molar-refractivity contribution in [2.24, 2.45) is 0 Å². The van der Waals surface area contributed by atoms with Gasteiger partial charge in [-0.3, -0.25) is 19.3 Å². The summed E-state index contributed by atoms with van der Waals surface area (Å²) in [6.07, 6.45) is 1.79. The second kappa shape index (κ2) is 8.83. The van der Waals surface area contributed by atoms with Crippen molar-refractivity contribution in [1.29, 1.82) is 0 Å². The molecule has 1 fully saturated rings. The highest BCUT2D eigenvalue weighted by atomic mass is 16.2. The smallest absolute Gasteiger partial charge is 0.257 e. The predicted octanol–water partition coefficient (Wildman–Crippen LogP) is 4.01. The van der Waals surface area contributed by atoms with Gasteiger partial charge in [-0.15, -0.1) is 0 Å². The zero-order valence-electron chi connectivity index (χ0n) is 20.5. The maximum atomic E-state index is 13.3. The van der Waals surface area contributed by atoms with Crippen LogP contribution in [-0.2, 0) is 16.1 Å². The SMILES string of the molecule is CCn1c(C(C)NC(=O)CCCN2C(=O)c3ccccc3N3C(=O)CCC23C)nc2ccccc21. The molecule has 1 saturated heterocycles. The van der Waals surface area contributed by atoms with Crippen LogP contribution in [0.3, 0.4) is 0 Å². The highest BCUT2D eigenvalue weighted by Gasteiger charge is 2.52. The van der Waals surface area contributed by atoms with Gasteiger partial charge in [-0.05, 0) is 57.9 Å². The monoisotopic (exact) mass is 473 g/mol. The molecule has 8 nitrogen and oxygen atoms in total. The number of imidazole rings is 1. The second-order valence-corrected chi connectivity index (χ2v) is 9.52. The van der Waals surface area contributed by atoms with E-state index in [0.717, 1.165) is 23.4 Å². The number of carbonyl (C=O) groups is 3. The fourth-order valence-corrected chi connectivity index (χ4v) is 5.57. The molecule has 3 amide bonds. The Hall–Kier alpha value is -3.68. The molecule has 3 aromatic rings. The predicted molar refractivity (Wildman–Crippen MR) is 134 cm³/mol. The average Bonchev–Trinajstić information content (AvgIpc) is 3.38. The zero-order chi connectivity index (χ0) is 24.7. The fraction of sp³-hybridized carbons (Fsp3) is 0.407. The first kappa shape index (κ1) is 23.1. The van der Waals surface area contributed by atoms with Crippen LogP contribution in [0.1, 0.15) is 68.7 Å². The van der Waals surface area contributed by atoms with E-state index in [-0.39, 0.29) is 30.2 Å². The van der Waals surface area contributed by atoms with Crippen molar-refractivity contribution in [3.05, 3.63) is 59.9 Å². The van der Waals surface area contributed by atoms with Crippen LogP contribution in [0, 0.1) is 0 Å². The average molecular weight is 474 g/mol. The molecular formula is C27H31N5O3. The number of aromatic nitrogens is 2. The van der Waals surface area contributed by atoms with Crippen molar-refractivity contribution in [3.8, 4) is 0 Å². The molecule has 5 rings (SSSR count). The summed E-state index contributed by atoms with van der Waals surface area (Å²) in [5, 5.41) is 3.07. The standard InChI is InChI=1S/C27H31N5O3/c1-4-30-22-13-8-6-11-20(22)29-25(30)18(2)28-23(33)14-9-17-31-26(35)19-10-5-7-12-21(19)32-24(34)15-16-27(31,32)3/h5-8,10-13,18H,4,9,14-17H2,1-3H3,(H,28,33). The van der Waals surface area contributed by atoms with E-state index in [0.29, 0.717) is 37.1 Å². The number of nitrogens with zero attached hydrogens (tertiary/aromatic N) is 4. The molecule has 0 saturated carbocycles. The van der Waals surface area contributed by atoms with E-state index in [1.54, 1.807) is 15.9 Å². The Morgan fingerprint density at radius 2 is 1.89 bits per heavy atom. The summed E-state index contributed by atoms with van der Waals surface area (Å²) in [5.41, 5.74) is 2.50. The van der Waals surface area contributed by atoms with Gasteiger partial charge in [0.15, 0.2) is 0 Å². The molecule has 2 aliphatic heterocycles. The molecule has 3 heterocycles. The zero-order valence-corrected chi connectivity index (χ0v) is 20.5. The van der Waals surface area contributed by atoms with Crippen molar-refractivity contribution < 1.29 is 14.4 Å². The first-order valence-electron chi connectivity index (χ1n) is 12.3. The third-order valence-corrected chi connectivity index (χ3v) is 7.30. The van der Waals surface area contributed by atoms with E-state index in [9.17, 15) is 14.4 Å². The summed E-state index contributed by atoms with van der Waals surface area (Å²) in [6.45, 7) is 7.13. The van der Waals surface area contributed by atoms with Gasteiger partial charge in [0, 0.05) is 25.9 Å². The van der Waals surface area contributed by atoms with Gasteiger partial charge in [0.05, 0.1) is 28.3 Å². The molecule has 2 unspecified atom stereocenters. The number of benzene rings is 2. The molecule has 1 N–H and O–H groups in total. The van der Waals surface area contributed by atoms with Crippen molar-refractivity contribution in [2.45, 2.75) is 64.7 Å². The van der Waals surface area contributed by atoms with Gasteiger partial charge >= 0.3 is 0 Å². The van der Waals surface area contributed by atoms with Crippen molar-refractivity contribution >= 4 is 34.4 Å². The van der Waals surface area contributed by atoms with E-state index in [1.807, 2.05) is 56.3 Å². The quantitative estimate of drug-likeness (QED) is 0.562. The molecule has 8 heteroatoms. The van der Waals surface area contributed by atoms with Crippen LogP contribution >= 0.6 is 0 Å². The molecule has 0 radical (unpaired) electrons. The number of hydrogen-bond donors (Lipinski definition) is 1. The van der Waals surface area contributed by atoms with Crippen molar-refractivity contribution in [3.63, 3.8) is 0 Å². The summed E-state index contributed by atoms with van der Waals surface area (Å²) < 4.78 is 2.12. The van der Waals surface area contributed by atoms with E-state index in [4.69, 9.17) is 4.98 Å². The Kier molecular flexibility index (Phi) is 5.83. The molecule has 2 atom stereocenters. The van der Waals surface area contributed by atoms with Crippen molar-refractivity contribution in [2.75, 3.05) is 11.4 Å². The number of carbonyl (C=O) groups excluding carboxylic acids is 3. The van der Waals surface area contributed by atoms with E-state index in [1.165, 1.54) is 0 Å². The van der Waals surface area contributed by atoms with Gasteiger partial charge in [-0.1, -0.05) is 24.3 Å². The second-order valence-electron chi connectivity index (χ2n) is 9.52. The van der Waals surface area contributed by atoms with Crippen LogP contribution in [0.2, 0.25) is 0 Å². The first-order valence-corrected chi connectivity index (χ1v) is 12.3. The Bertz CT molecular complexity index is 1320. The number of hydrogen-bond acceptors (Lipinski definition) is 4. The lowest BCUT2D eigenvalue weighted by atomic mass is 9.98. The third kappa shape index (κ3) is 3.77. The molecular weight excluding hydrogens is 442 g/mol. The van der Waals surface area contributed by atoms with E-state index < -0.39 is 5.66 Å². The first-order chi connectivity index (χ1) is 16.8. The van der Waals surface area contributed by atoms with Crippen LogP contribution in [-0.4, -0.2) is 44.4 Å². The molecule has 1 aromatic heterocycles. The van der Waals surface area contributed by atoms with Crippen LogP contribution in [0.25, 0.3) is 11.0 Å². The Morgan fingerprint density at radius 3 is 2.69 bits per heavy atom. The fourth-order valence-electron chi connectivity index (χ4n) is 5.57. The van der Waals surface area contributed by atoms with Gasteiger partial charge in [0.1, 0.15) is 11.5 Å². The minimum Gasteiger partial charge on any atom is -0.346 e. The number of para-hydroxylation sites is 3. The number of aryl methyl sites for hydroxylation is 1. The van der Waals surface area contributed by atoms with Crippen LogP contribution in [0.15, 0.2) is 48.5 Å². The molecule has 2 aromatic carbocycles. The highest BCUT2D eigenvalue weighted by molar-refractivity contribution is 6.10. The Morgan fingerprint density at radius 1 is 1.14 bits per heavy atom. The number of rotatable bonds is 7. The molecule has 35 heavy (non-hydrogen) atoms. The van der Waals surface area contributed by atoms with Crippen LogP contribution in [0.5, 0.6) is 0 Å². The Labute approximate surface area is 204 Å². The van der Waals surface area contributed by atoms with E-state index in [2.05, 4.69) is 16.8 Å². The molecule has 182 valence electrons. The van der Waals surface area contributed by atoms with Gasteiger partial charge in [0.25, 0.3) is 5.91 Å². The molecule has 2 aliphatic rings. The van der Waals surface area contributed by atoms with Crippen LogP contribution < -0.4 is 10.2 Å². The van der Waals surface area contributed by atoms with E-state index >= 15 is 0 Å². The number of anilines is 1. The highest BCUT2D eigenvalue weighted by Crippen LogP contribution is 2.44. The number of amides is 3. The van der Waals surface area contributed by atoms with Gasteiger partial charge in [0.2, 0.25) is 11.8 Å². The van der Waals surface area contributed by atoms with Crippen LogP contribution in [0.4, 0.5) is 5.69 Å². The summed E-state index contributed by atoms with van der Waals surface area (Å²) in [4.78, 5) is 47.1. The molecule has 0 bridgehead atoms. The third-order valence-electron chi connectivity index (χ3n) is 7.30. The summed E-state index contributed by atoms with van der Waals surface area (Å²) in [5.74, 6) is 0.696. The lowest BCUT2D eigenvalue weighted by Gasteiger charge is -2.48. The minimum atomic E-state index is -0.696.